The number of benzene rings is 2. The van der Waals surface area contributed by atoms with Gasteiger partial charge in [-0.25, -0.2) is 9.59 Å². The van der Waals surface area contributed by atoms with Crippen LogP contribution in [0.2, 0.25) is 0 Å². The van der Waals surface area contributed by atoms with E-state index in [2.05, 4.69) is 29.3 Å². The van der Waals surface area contributed by atoms with Crippen molar-refractivity contribution in [2.75, 3.05) is 19.7 Å². The molecule has 1 aliphatic carbocycles. The van der Waals surface area contributed by atoms with E-state index in [0.717, 1.165) is 22.3 Å². The van der Waals surface area contributed by atoms with E-state index < -0.39 is 24.0 Å². The number of carbonyl (C=O) groups excluding carboxylic acids is 2. The number of carboxylic acids is 1. The van der Waals surface area contributed by atoms with Gasteiger partial charge >= 0.3 is 12.1 Å². The van der Waals surface area contributed by atoms with Crippen LogP contribution in [-0.2, 0) is 14.3 Å². The fourth-order valence-corrected chi connectivity index (χ4v) is 4.51. The van der Waals surface area contributed by atoms with Gasteiger partial charge in [0.15, 0.2) is 0 Å². The smallest absolute Gasteiger partial charge is 0.407 e. The van der Waals surface area contributed by atoms with Crippen LogP contribution in [0.25, 0.3) is 11.1 Å². The Kier molecular flexibility index (Phi) is 6.13. The lowest BCUT2D eigenvalue weighted by Crippen LogP contribution is -2.42. The van der Waals surface area contributed by atoms with E-state index in [-0.39, 0.29) is 25.0 Å². The van der Waals surface area contributed by atoms with E-state index in [1.165, 1.54) is 4.90 Å². The number of likely N-dealkylation sites (tertiary alicyclic amines) is 1. The molecule has 1 heterocycles. The Morgan fingerprint density at radius 3 is 2.34 bits per heavy atom. The first-order valence-electron chi connectivity index (χ1n) is 10.6. The van der Waals surface area contributed by atoms with Crippen molar-refractivity contribution in [2.45, 2.75) is 25.3 Å². The molecule has 7 nitrogen and oxygen atoms in total. The zero-order valence-electron chi connectivity index (χ0n) is 17.7. The molecular formula is C25H24N2O5. The normalized spacial score (nSPS) is 18.8. The fourth-order valence-electron chi connectivity index (χ4n) is 4.51. The number of hydrogen-bond acceptors (Lipinski definition) is 4. The molecule has 1 aliphatic heterocycles. The van der Waals surface area contributed by atoms with Crippen LogP contribution in [0, 0.1) is 17.8 Å². The highest BCUT2D eigenvalue weighted by Crippen LogP contribution is 2.44. The van der Waals surface area contributed by atoms with Crippen molar-refractivity contribution in [3.8, 4) is 23.0 Å². The number of nitrogens with one attached hydrogen (secondary N) is 1. The molecule has 1 saturated heterocycles. The van der Waals surface area contributed by atoms with Gasteiger partial charge in [0.2, 0.25) is 0 Å². The molecule has 1 fully saturated rings. The van der Waals surface area contributed by atoms with Gasteiger partial charge in [0.25, 0.3) is 5.91 Å². The largest absolute Gasteiger partial charge is 0.480 e. The Balaban J connectivity index is 1.30. The average molecular weight is 432 g/mol. The number of rotatable bonds is 4. The number of carbonyl (C=O) groups is 3. The standard InChI is InChI=1S/C25H24N2O5/c1-16-12-14-27(23(16)24(29)30)22(28)11-6-13-26-25(31)32-15-21-19-9-4-2-7-17(19)18-8-3-5-10-20(18)21/h2-5,7-10,16,21,23H,12-15H2,1H3,(H,26,31)(H,29,30). The van der Waals surface area contributed by atoms with E-state index >= 15 is 0 Å². The van der Waals surface area contributed by atoms with Gasteiger partial charge in [-0.05, 0) is 40.5 Å². The molecule has 164 valence electrons. The molecule has 0 saturated carbocycles. The van der Waals surface area contributed by atoms with Crippen LogP contribution >= 0.6 is 0 Å². The van der Waals surface area contributed by atoms with E-state index in [1.807, 2.05) is 36.4 Å². The van der Waals surface area contributed by atoms with Crippen LogP contribution < -0.4 is 5.32 Å². The topological polar surface area (TPSA) is 95.9 Å². The second kappa shape index (κ2) is 9.15. The van der Waals surface area contributed by atoms with Crippen molar-refractivity contribution in [3.63, 3.8) is 0 Å². The van der Waals surface area contributed by atoms with Gasteiger partial charge in [-0.2, -0.15) is 0 Å². The summed E-state index contributed by atoms with van der Waals surface area (Å²) >= 11 is 0. The highest BCUT2D eigenvalue weighted by atomic mass is 16.5. The number of amides is 2. The van der Waals surface area contributed by atoms with Crippen LogP contribution in [0.15, 0.2) is 48.5 Å². The highest BCUT2D eigenvalue weighted by molar-refractivity contribution is 5.96. The maximum absolute atomic E-state index is 12.2. The van der Waals surface area contributed by atoms with Crippen LogP contribution in [0.3, 0.4) is 0 Å². The molecule has 0 bridgehead atoms. The minimum atomic E-state index is -1.03. The lowest BCUT2D eigenvalue weighted by atomic mass is 9.98. The molecule has 4 rings (SSSR count). The average Bonchev–Trinajstić information content (AvgIpc) is 3.33. The maximum atomic E-state index is 12.2. The van der Waals surface area contributed by atoms with Gasteiger partial charge in [-0.15, -0.1) is 0 Å². The summed E-state index contributed by atoms with van der Waals surface area (Å²) in [6.45, 7) is 2.30. The molecular weight excluding hydrogens is 408 g/mol. The van der Waals surface area contributed by atoms with Crippen LogP contribution in [0.1, 0.15) is 30.4 Å². The van der Waals surface area contributed by atoms with Crippen molar-refractivity contribution in [1.29, 1.82) is 0 Å². The van der Waals surface area contributed by atoms with Crippen molar-refractivity contribution < 1.29 is 24.2 Å². The number of aliphatic carboxylic acids is 1. The number of ether oxygens (including phenoxy) is 1. The predicted octanol–water partition coefficient (Wildman–Crippen LogP) is 2.85. The minimum Gasteiger partial charge on any atom is -0.480 e. The third-order valence-electron chi connectivity index (χ3n) is 6.07. The highest BCUT2D eigenvalue weighted by Gasteiger charge is 2.39. The van der Waals surface area contributed by atoms with Gasteiger partial charge in [-0.1, -0.05) is 61.4 Å². The summed E-state index contributed by atoms with van der Waals surface area (Å²) in [7, 11) is 0. The SMILES string of the molecule is CC1CCN(C(=O)C#CCNC(=O)OCC2c3ccccc3-c3ccccc32)C1C(=O)O. The molecule has 2 N–H and O–H groups in total. The van der Waals surface area contributed by atoms with Crippen LogP contribution in [0.4, 0.5) is 4.79 Å². The second-order valence-electron chi connectivity index (χ2n) is 8.03. The fraction of sp³-hybridized carbons (Fsp3) is 0.320. The summed E-state index contributed by atoms with van der Waals surface area (Å²) in [5.41, 5.74) is 4.55. The Bertz CT molecular complexity index is 1070. The van der Waals surface area contributed by atoms with Crippen molar-refractivity contribution in [1.82, 2.24) is 10.2 Å². The second-order valence-corrected chi connectivity index (χ2v) is 8.03. The Morgan fingerprint density at radius 1 is 1.09 bits per heavy atom. The number of alkyl carbamates (subject to hydrolysis) is 1. The van der Waals surface area contributed by atoms with E-state index in [1.54, 1.807) is 6.92 Å². The Morgan fingerprint density at radius 2 is 1.72 bits per heavy atom. The quantitative estimate of drug-likeness (QED) is 0.725. The molecule has 0 aromatic heterocycles. The zero-order valence-corrected chi connectivity index (χ0v) is 17.7. The third kappa shape index (κ3) is 4.17. The summed E-state index contributed by atoms with van der Waals surface area (Å²) in [6, 6.07) is 15.3. The van der Waals surface area contributed by atoms with Gasteiger partial charge in [0.05, 0.1) is 6.54 Å². The molecule has 0 spiro atoms. The maximum Gasteiger partial charge on any atom is 0.407 e. The molecule has 2 atom stereocenters. The van der Waals surface area contributed by atoms with Crippen molar-refractivity contribution >= 4 is 18.0 Å². The Hall–Kier alpha value is -3.79. The van der Waals surface area contributed by atoms with Gasteiger partial charge in [-0.3, -0.25) is 4.79 Å². The number of carboxylic acid groups (broad SMARTS) is 1. The zero-order chi connectivity index (χ0) is 22.7. The lowest BCUT2D eigenvalue weighted by Gasteiger charge is -2.20. The van der Waals surface area contributed by atoms with Crippen molar-refractivity contribution in [3.05, 3.63) is 59.7 Å². The van der Waals surface area contributed by atoms with Gasteiger partial charge < -0.3 is 20.1 Å². The number of hydrogen-bond donors (Lipinski definition) is 2. The molecule has 2 aromatic rings. The predicted molar refractivity (Wildman–Crippen MR) is 118 cm³/mol. The minimum absolute atomic E-state index is 0.0362. The van der Waals surface area contributed by atoms with Crippen molar-refractivity contribution in [2.24, 2.45) is 5.92 Å². The molecule has 2 unspecified atom stereocenters. The third-order valence-corrected chi connectivity index (χ3v) is 6.07. The summed E-state index contributed by atoms with van der Waals surface area (Å²) in [5, 5.41) is 11.8. The summed E-state index contributed by atoms with van der Waals surface area (Å²) < 4.78 is 5.42. The molecule has 2 aromatic carbocycles. The van der Waals surface area contributed by atoms with E-state index in [0.29, 0.717) is 13.0 Å². The molecule has 2 aliphatic rings. The van der Waals surface area contributed by atoms with Crippen LogP contribution in [0.5, 0.6) is 0 Å². The van der Waals surface area contributed by atoms with Crippen LogP contribution in [-0.4, -0.2) is 53.7 Å². The summed E-state index contributed by atoms with van der Waals surface area (Å²) in [5.74, 6) is 3.27. The number of nitrogens with zero attached hydrogens (tertiary/aromatic N) is 1. The first kappa shape index (κ1) is 21.4. The van der Waals surface area contributed by atoms with E-state index in [9.17, 15) is 19.5 Å². The molecule has 7 heteroatoms. The lowest BCUT2D eigenvalue weighted by molar-refractivity contribution is -0.147. The summed E-state index contributed by atoms with van der Waals surface area (Å²) in [4.78, 5) is 37.0. The van der Waals surface area contributed by atoms with E-state index in [4.69, 9.17) is 4.74 Å². The van der Waals surface area contributed by atoms with Gasteiger partial charge in [0.1, 0.15) is 12.6 Å². The first-order chi connectivity index (χ1) is 15.5. The summed E-state index contributed by atoms with van der Waals surface area (Å²) in [6.07, 6.45) is 0.00868. The number of fused-ring (bicyclic) bond motifs is 3. The molecule has 0 radical (unpaired) electrons. The molecule has 32 heavy (non-hydrogen) atoms. The first-order valence-corrected chi connectivity index (χ1v) is 10.6. The Labute approximate surface area is 186 Å². The molecule has 2 amide bonds. The van der Waals surface area contributed by atoms with Gasteiger partial charge in [0, 0.05) is 12.5 Å². The monoisotopic (exact) mass is 432 g/mol.